The summed E-state index contributed by atoms with van der Waals surface area (Å²) >= 11 is 1.64. The highest BCUT2D eigenvalue weighted by atomic mass is 32.1. The lowest BCUT2D eigenvalue weighted by Crippen LogP contribution is -2.35. The molecule has 4 rings (SSSR count). The second-order valence-electron chi connectivity index (χ2n) is 6.76. The summed E-state index contributed by atoms with van der Waals surface area (Å²) < 4.78 is 3.00. The molecule has 0 radical (unpaired) electrons. The Morgan fingerprint density at radius 1 is 1.24 bits per heavy atom. The molecule has 29 heavy (non-hydrogen) atoms. The lowest BCUT2D eigenvalue weighted by molar-refractivity contribution is -0.125. The van der Waals surface area contributed by atoms with Crippen molar-refractivity contribution in [1.29, 1.82) is 0 Å². The van der Waals surface area contributed by atoms with E-state index in [1.807, 2.05) is 41.9 Å². The third-order valence-corrected chi connectivity index (χ3v) is 5.73. The molecule has 0 unspecified atom stereocenters. The molecule has 0 spiro atoms. The van der Waals surface area contributed by atoms with Gasteiger partial charge in [-0.25, -0.2) is 9.97 Å². The van der Waals surface area contributed by atoms with Crippen molar-refractivity contribution in [3.8, 4) is 10.4 Å². The number of benzene rings is 1. The first-order chi connectivity index (χ1) is 13.9. The summed E-state index contributed by atoms with van der Waals surface area (Å²) in [5, 5.41) is 5.29. The van der Waals surface area contributed by atoms with Crippen LogP contribution in [0.3, 0.4) is 0 Å². The van der Waals surface area contributed by atoms with Gasteiger partial charge >= 0.3 is 0 Å². The van der Waals surface area contributed by atoms with Gasteiger partial charge in [-0.1, -0.05) is 18.2 Å². The van der Waals surface area contributed by atoms with Crippen LogP contribution in [0.25, 0.3) is 31.7 Å². The molecule has 2 amide bonds. The minimum Gasteiger partial charge on any atom is -0.382 e. The van der Waals surface area contributed by atoms with Crippen LogP contribution in [0, 0.1) is 0 Å². The molecule has 4 aromatic rings. The van der Waals surface area contributed by atoms with Crippen LogP contribution in [0.4, 0.5) is 5.82 Å². The number of rotatable bonds is 5. The zero-order valence-corrected chi connectivity index (χ0v) is 16.8. The Kier molecular flexibility index (Phi) is 4.89. The van der Waals surface area contributed by atoms with Crippen LogP contribution >= 0.6 is 11.3 Å². The smallest absolute Gasteiger partial charge is 0.239 e. The number of hydrogen-bond donors (Lipinski definition) is 3. The molecule has 3 heterocycles. The Morgan fingerprint density at radius 2 is 2.07 bits per heavy atom. The molecular weight excluding hydrogens is 388 g/mol. The number of fused-ring (bicyclic) bond motifs is 3. The number of thiophene rings is 1. The number of amides is 2. The van der Waals surface area contributed by atoms with Crippen LogP contribution < -0.4 is 16.4 Å². The van der Waals surface area contributed by atoms with E-state index in [1.54, 1.807) is 17.7 Å². The molecule has 0 bridgehead atoms. The average Bonchev–Trinajstić information content (AvgIpc) is 3.29. The van der Waals surface area contributed by atoms with Gasteiger partial charge in [0.05, 0.1) is 28.6 Å². The molecule has 9 heteroatoms. The number of carbonyl (C=O) groups is 2. The van der Waals surface area contributed by atoms with Gasteiger partial charge in [-0.15, -0.1) is 11.3 Å². The van der Waals surface area contributed by atoms with E-state index in [-0.39, 0.29) is 18.4 Å². The van der Waals surface area contributed by atoms with Crippen molar-refractivity contribution in [3.05, 3.63) is 42.2 Å². The van der Waals surface area contributed by atoms with Crippen molar-refractivity contribution in [3.63, 3.8) is 0 Å². The molecule has 148 valence electrons. The summed E-state index contributed by atoms with van der Waals surface area (Å²) in [6.45, 7) is 1.73. The highest BCUT2D eigenvalue weighted by Crippen LogP contribution is 2.37. The number of hydrogen-bond acceptors (Lipinski definition) is 6. The van der Waals surface area contributed by atoms with Crippen LogP contribution in [0.5, 0.6) is 0 Å². The first-order valence-corrected chi connectivity index (χ1v) is 9.84. The molecule has 0 atom stereocenters. The Bertz CT molecular complexity index is 1240. The summed E-state index contributed by atoms with van der Waals surface area (Å²) in [6.07, 6.45) is 1.74. The van der Waals surface area contributed by atoms with Gasteiger partial charge in [0.25, 0.3) is 0 Å². The lowest BCUT2D eigenvalue weighted by atomic mass is 10.1. The maximum Gasteiger partial charge on any atom is 0.239 e. The number of nitrogens with one attached hydrogen (secondary N) is 2. The fourth-order valence-corrected chi connectivity index (χ4v) is 4.33. The number of aromatic nitrogens is 3. The van der Waals surface area contributed by atoms with E-state index in [0.717, 1.165) is 31.7 Å². The van der Waals surface area contributed by atoms with E-state index in [4.69, 9.17) is 5.73 Å². The van der Waals surface area contributed by atoms with E-state index in [1.165, 1.54) is 6.92 Å². The third-order valence-electron chi connectivity index (χ3n) is 4.55. The SMILES string of the molecule is CC(=O)NCC(=O)NCc1cccc(-c2cc3nc(N)c4ncn(C)c4c3s2)c1. The van der Waals surface area contributed by atoms with E-state index in [2.05, 4.69) is 20.6 Å². The zero-order chi connectivity index (χ0) is 20.5. The van der Waals surface area contributed by atoms with Gasteiger partial charge in [0.2, 0.25) is 11.8 Å². The van der Waals surface area contributed by atoms with Crippen LogP contribution in [0.15, 0.2) is 36.7 Å². The summed E-state index contributed by atoms with van der Waals surface area (Å²) in [7, 11) is 1.94. The van der Waals surface area contributed by atoms with Gasteiger partial charge in [-0.3, -0.25) is 9.59 Å². The topological polar surface area (TPSA) is 115 Å². The monoisotopic (exact) mass is 408 g/mol. The van der Waals surface area contributed by atoms with Crippen molar-refractivity contribution in [2.75, 3.05) is 12.3 Å². The highest BCUT2D eigenvalue weighted by molar-refractivity contribution is 7.23. The second-order valence-corrected chi connectivity index (χ2v) is 7.81. The fraction of sp³-hybridized carbons (Fsp3) is 0.200. The quantitative estimate of drug-likeness (QED) is 0.468. The molecule has 3 aromatic heterocycles. The fourth-order valence-electron chi connectivity index (χ4n) is 3.15. The molecule has 1 aromatic carbocycles. The van der Waals surface area contributed by atoms with Gasteiger partial charge < -0.3 is 20.9 Å². The predicted octanol–water partition coefficient (Wildman–Crippen LogP) is 2.18. The van der Waals surface area contributed by atoms with E-state index >= 15 is 0 Å². The molecule has 0 aliphatic rings. The molecule has 0 aliphatic carbocycles. The third kappa shape index (κ3) is 3.77. The summed E-state index contributed by atoms with van der Waals surface area (Å²) in [4.78, 5) is 32.6. The number of carbonyl (C=O) groups excluding carboxylic acids is 2. The first-order valence-electron chi connectivity index (χ1n) is 9.03. The molecule has 8 nitrogen and oxygen atoms in total. The maximum absolute atomic E-state index is 11.8. The van der Waals surface area contributed by atoms with Gasteiger partial charge in [0.1, 0.15) is 5.52 Å². The van der Waals surface area contributed by atoms with Gasteiger partial charge in [0, 0.05) is 25.4 Å². The van der Waals surface area contributed by atoms with Crippen molar-refractivity contribution < 1.29 is 9.59 Å². The zero-order valence-electron chi connectivity index (χ0n) is 16.0. The van der Waals surface area contributed by atoms with Gasteiger partial charge in [-0.2, -0.15) is 0 Å². The Hall–Kier alpha value is -3.46. The summed E-state index contributed by atoms with van der Waals surface area (Å²) in [5.41, 5.74) is 10.6. The van der Waals surface area contributed by atoms with E-state index < -0.39 is 0 Å². The molecule has 0 saturated carbocycles. The molecular formula is C20H20N6O2S. The Balaban J connectivity index is 1.60. The predicted molar refractivity (Wildman–Crippen MR) is 114 cm³/mol. The van der Waals surface area contributed by atoms with Crippen LogP contribution in [0.2, 0.25) is 0 Å². The van der Waals surface area contributed by atoms with Gasteiger partial charge in [0.15, 0.2) is 5.82 Å². The lowest BCUT2D eigenvalue weighted by Gasteiger charge is -2.07. The van der Waals surface area contributed by atoms with Gasteiger partial charge in [-0.05, 0) is 23.3 Å². The van der Waals surface area contributed by atoms with Crippen LogP contribution in [-0.4, -0.2) is 32.9 Å². The highest BCUT2D eigenvalue weighted by Gasteiger charge is 2.15. The standard InChI is InChI=1S/C20H20N6O2S/c1-11(27)22-9-16(28)23-8-12-4-3-5-13(6-12)15-7-14-19(29-15)18-17(20(21)25-14)24-10-26(18)2/h3-7,10H,8-9H2,1-2H3,(H2,21,25)(H,22,27)(H,23,28). The largest absolute Gasteiger partial charge is 0.382 e. The minimum atomic E-state index is -0.233. The number of pyridine rings is 1. The first kappa shape index (κ1) is 18.9. The van der Waals surface area contributed by atoms with Crippen LogP contribution in [-0.2, 0) is 23.2 Å². The van der Waals surface area contributed by atoms with Crippen LogP contribution in [0.1, 0.15) is 12.5 Å². The summed E-state index contributed by atoms with van der Waals surface area (Å²) in [5.74, 6) is -0.0393. The number of nitrogens with zero attached hydrogens (tertiary/aromatic N) is 3. The number of aryl methyl sites for hydroxylation is 1. The Labute approximate surface area is 170 Å². The molecule has 4 N–H and O–H groups in total. The van der Waals surface area contributed by atoms with Crippen molar-refractivity contribution in [2.45, 2.75) is 13.5 Å². The second kappa shape index (κ2) is 7.51. The maximum atomic E-state index is 11.8. The number of imidazole rings is 1. The molecule has 0 saturated heterocycles. The van der Waals surface area contributed by atoms with Crippen molar-refractivity contribution in [1.82, 2.24) is 25.2 Å². The number of nitrogens with two attached hydrogens (primary N) is 1. The number of nitrogen functional groups attached to an aromatic ring is 1. The summed E-state index contributed by atoms with van der Waals surface area (Å²) in [6, 6.07) is 9.99. The van der Waals surface area contributed by atoms with E-state index in [0.29, 0.717) is 17.9 Å². The molecule has 0 aliphatic heterocycles. The normalized spacial score (nSPS) is 11.1. The van der Waals surface area contributed by atoms with Crippen molar-refractivity contribution >= 4 is 50.2 Å². The number of anilines is 1. The van der Waals surface area contributed by atoms with E-state index in [9.17, 15) is 9.59 Å². The Morgan fingerprint density at radius 3 is 2.86 bits per heavy atom. The average molecular weight is 408 g/mol. The minimum absolute atomic E-state index is 0.0286. The molecule has 0 fully saturated rings. The van der Waals surface area contributed by atoms with Crippen molar-refractivity contribution in [2.24, 2.45) is 7.05 Å².